The first-order chi connectivity index (χ1) is 33.6. The average Bonchev–Trinajstić information content (AvgIpc) is 3.35. The van der Waals surface area contributed by atoms with Crippen LogP contribution in [0.15, 0.2) is 47.6 Å². The molecule has 1 amide bonds. The second-order valence-corrected chi connectivity index (χ2v) is 24.2. The van der Waals surface area contributed by atoms with Gasteiger partial charge in [-0.2, -0.15) is 0 Å². The molecule has 0 aromatic carbocycles. The lowest BCUT2D eigenvalue weighted by Crippen LogP contribution is -2.61. The molecule has 0 radical (unpaired) electrons. The van der Waals surface area contributed by atoms with Crippen LogP contribution in [-0.2, 0) is 56.7 Å². The van der Waals surface area contributed by atoms with Crippen molar-refractivity contribution >= 4 is 36.6 Å². The standard InChI is InChI=1S/C55H88NO14P/c1-13-71(64,14-2)70-45-26-24-41(31-48(45)66-11)30-37(6)47-33-44(57)36(5)29-39(8)50(59)51(67-12)49(58)38(7)28-34(3)20-16-15-17-21-35(4)46(65-10)32-42-25-23-40(9)55(63,69-42)52(60)53(61)56-27-19-18-22-43(56)54(62)68-47/h15-17,20-21,29,34,37-43,45-48,50-51,59,63H,13-14,18-19,22-28,30-33H2,1-12H3/t34-,37-,38-,39?,40-,41+,42+,43+,45-,46+,47+,48-,50-,51+,55-/m1/s1. The summed E-state index contributed by atoms with van der Waals surface area (Å²) in [4.78, 5) is 72.4. The van der Waals surface area contributed by atoms with E-state index in [1.54, 1.807) is 41.1 Å². The Morgan fingerprint density at radius 2 is 1.56 bits per heavy atom. The Morgan fingerprint density at radius 3 is 2.21 bits per heavy atom. The number of hydrogen-bond donors (Lipinski definition) is 2. The maximum absolute atomic E-state index is 14.5. The SMILES string of the molecule is CCP(=O)(CC)O[C@@H]1CC[C@@H](C[C@@H](C)[C@@H]2CC(=O)C(C)=CC(C)[C@@H](O)[C@@H](OC)C(=O)[C@H](C)C[C@H](C)C=CC=CC=C(C)[C@@H](OC)C[C@@H]3CC[C@@H](C)[C@@](O)(O3)C(=O)C(=O)N3CCCC[C@H]3C(=O)O2)C[C@H]1OC. The van der Waals surface area contributed by atoms with E-state index in [0.29, 0.717) is 75.7 Å². The maximum Gasteiger partial charge on any atom is 0.329 e. The summed E-state index contributed by atoms with van der Waals surface area (Å²) in [6.07, 6.45) is 12.3. The number of hydrogen-bond acceptors (Lipinski definition) is 14. The van der Waals surface area contributed by atoms with Gasteiger partial charge in [0.25, 0.3) is 11.7 Å². The number of aliphatic hydroxyl groups excluding tert-OH is 1. The van der Waals surface area contributed by atoms with Gasteiger partial charge in [0, 0.05) is 70.8 Å². The van der Waals surface area contributed by atoms with E-state index in [1.165, 1.54) is 12.0 Å². The molecule has 15 nitrogen and oxygen atoms in total. The minimum absolute atomic E-state index is 0.0139. The Bertz CT molecular complexity index is 1970. The zero-order valence-corrected chi connectivity index (χ0v) is 45.7. The molecule has 15 atom stereocenters. The fourth-order valence-electron chi connectivity index (χ4n) is 10.9. The Balaban J connectivity index is 1.70. The number of esters is 1. The van der Waals surface area contributed by atoms with Gasteiger partial charge in [-0.15, -0.1) is 0 Å². The van der Waals surface area contributed by atoms with Gasteiger partial charge in [0.2, 0.25) is 13.2 Å². The lowest BCUT2D eigenvalue weighted by Gasteiger charge is -2.42. The van der Waals surface area contributed by atoms with E-state index in [9.17, 15) is 38.8 Å². The number of carbonyl (C=O) groups excluding carboxylic acids is 5. The zero-order chi connectivity index (χ0) is 52.8. The highest BCUT2D eigenvalue weighted by Gasteiger charge is 2.53. The van der Waals surface area contributed by atoms with Crippen molar-refractivity contribution in [1.29, 1.82) is 0 Å². The van der Waals surface area contributed by atoms with Crippen LogP contribution < -0.4 is 0 Å². The highest BCUT2D eigenvalue weighted by molar-refractivity contribution is 7.58. The Hall–Kier alpha value is -3.14. The molecule has 3 heterocycles. The second-order valence-electron chi connectivity index (χ2n) is 21.1. The quantitative estimate of drug-likeness (QED) is 0.120. The number of ketones is 3. The summed E-state index contributed by atoms with van der Waals surface area (Å²) in [5, 5.41) is 23.5. The van der Waals surface area contributed by atoms with Gasteiger partial charge in [0.15, 0.2) is 11.6 Å². The van der Waals surface area contributed by atoms with Gasteiger partial charge in [0.05, 0.1) is 30.5 Å². The number of piperidine rings is 1. The lowest BCUT2D eigenvalue weighted by atomic mass is 9.78. The van der Waals surface area contributed by atoms with Crippen molar-refractivity contribution in [2.75, 3.05) is 40.2 Å². The van der Waals surface area contributed by atoms with Gasteiger partial charge < -0.3 is 43.3 Å². The summed E-state index contributed by atoms with van der Waals surface area (Å²) in [5.41, 5.74) is 1.18. The maximum atomic E-state index is 14.5. The van der Waals surface area contributed by atoms with Crippen molar-refractivity contribution < 1.29 is 67.0 Å². The van der Waals surface area contributed by atoms with Crippen molar-refractivity contribution in [2.24, 2.45) is 35.5 Å². The lowest BCUT2D eigenvalue weighted by molar-refractivity contribution is -0.265. The highest BCUT2D eigenvalue weighted by Crippen LogP contribution is 2.50. The fourth-order valence-corrected chi connectivity index (χ4v) is 12.3. The third-order valence-electron chi connectivity index (χ3n) is 15.8. The Kier molecular flexibility index (Phi) is 23.8. The topological polar surface area (TPSA) is 201 Å². The molecule has 3 aliphatic heterocycles. The molecule has 2 N–H and O–H groups in total. The molecule has 4 aliphatic rings. The molecule has 16 heteroatoms. The number of fused-ring (bicyclic) bond motifs is 3. The number of carbonyl (C=O) groups is 5. The number of ether oxygens (including phenoxy) is 5. The van der Waals surface area contributed by atoms with Gasteiger partial charge in [-0.25, -0.2) is 4.79 Å². The minimum atomic E-state index is -2.81. The van der Waals surface area contributed by atoms with Crippen LogP contribution in [0.25, 0.3) is 0 Å². The van der Waals surface area contributed by atoms with Gasteiger partial charge in [0.1, 0.15) is 18.2 Å². The highest BCUT2D eigenvalue weighted by atomic mass is 31.2. The van der Waals surface area contributed by atoms with Crippen molar-refractivity contribution in [1.82, 2.24) is 4.90 Å². The molecule has 1 aliphatic carbocycles. The summed E-state index contributed by atoms with van der Waals surface area (Å²) in [7, 11) is 1.77. The van der Waals surface area contributed by atoms with Gasteiger partial charge in [-0.1, -0.05) is 84.9 Å². The fraction of sp³-hybridized carbons (Fsp3) is 0.764. The molecule has 402 valence electrons. The van der Waals surface area contributed by atoms with Crippen molar-refractivity contribution in [3.8, 4) is 0 Å². The Labute approximate surface area is 424 Å². The predicted octanol–water partition coefficient (Wildman–Crippen LogP) is 8.52. The monoisotopic (exact) mass is 1020 g/mol. The molecule has 2 saturated heterocycles. The van der Waals surface area contributed by atoms with Crippen LogP contribution >= 0.6 is 7.37 Å². The number of Topliss-reactive ketones (excluding diaryl/α,β-unsaturated/α-hetero) is 3. The van der Waals surface area contributed by atoms with E-state index in [-0.39, 0.29) is 60.9 Å². The molecule has 0 aromatic heterocycles. The van der Waals surface area contributed by atoms with E-state index in [0.717, 1.165) is 12.0 Å². The normalized spacial score (nSPS) is 35.9. The van der Waals surface area contributed by atoms with Crippen LogP contribution in [-0.4, -0.2) is 139 Å². The van der Waals surface area contributed by atoms with Crippen LogP contribution in [0.1, 0.15) is 139 Å². The van der Waals surface area contributed by atoms with Crippen LogP contribution in [0.4, 0.5) is 0 Å². The molecule has 2 bridgehead atoms. The van der Waals surface area contributed by atoms with E-state index in [2.05, 4.69) is 0 Å². The summed E-state index contributed by atoms with van der Waals surface area (Å²) in [6, 6.07) is -1.16. The summed E-state index contributed by atoms with van der Waals surface area (Å²) in [6.45, 7) is 16.5. The molecular formula is C55H88NO14P. The predicted molar refractivity (Wildman–Crippen MR) is 273 cm³/mol. The largest absolute Gasteiger partial charge is 0.460 e. The summed E-state index contributed by atoms with van der Waals surface area (Å²) >= 11 is 0. The molecule has 0 aromatic rings. The van der Waals surface area contributed by atoms with E-state index in [4.69, 9.17) is 28.2 Å². The summed E-state index contributed by atoms with van der Waals surface area (Å²) in [5.74, 6) is -8.08. The molecular weight excluding hydrogens is 930 g/mol. The number of allylic oxidation sites excluding steroid dienone is 6. The van der Waals surface area contributed by atoms with E-state index < -0.39 is 85.1 Å². The van der Waals surface area contributed by atoms with Crippen LogP contribution in [0.2, 0.25) is 0 Å². The first-order valence-corrected chi connectivity index (χ1v) is 28.3. The number of methoxy groups -OCH3 is 3. The molecule has 3 fully saturated rings. The zero-order valence-electron chi connectivity index (χ0n) is 44.8. The number of aliphatic hydroxyl groups is 2. The molecule has 1 unspecified atom stereocenters. The minimum Gasteiger partial charge on any atom is -0.460 e. The number of rotatable bonds is 10. The van der Waals surface area contributed by atoms with E-state index >= 15 is 0 Å². The second kappa shape index (κ2) is 28.0. The van der Waals surface area contributed by atoms with Crippen molar-refractivity contribution in [3.05, 3.63) is 47.6 Å². The van der Waals surface area contributed by atoms with Gasteiger partial charge in [-0.05, 0) is 107 Å². The van der Waals surface area contributed by atoms with Crippen LogP contribution in [0, 0.1) is 35.5 Å². The number of amides is 1. The third kappa shape index (κ3) is 16.2. The smallest absolute Gasteiger partial charge is 0.329 e. The van der Waals surface area contributed by atoms with Gasteiger partial charge in [-0.3, -0.25) is 23.7 Å². The molecule has 71 heavy (non-hydrogen) atoms. The Morgan fingerprint density at radius 1 is 0.859 bits per heavy atom. The van der Waals surface area contributed by atoms with Crippen LogP contribution in [0.5, 0.6) is 0 Å². The van der Waals surface area contributed by atoms with Crippen LogP contribution in [0.3, 0.4) is 0 Å². The third-order valence-corrected chi connectivity index (χ3v) is 18.3. The molecule has 1 saturated carbocycles. The first kappa shape index (κ1) is 60.4. The number of cyclic esters (lactones) is 1. The van der Waals surface area contributed by atoms with Crippen molar-refractivity contribution in [3.63, 3.8) is 0 Å². The molecule has 4 rings (SSSR count). The average molecular weight is 1020 g/mol. The number of nitrogens with zero attached hydrogens (tertiary/aromatic N) is 1. The van der Waals surface area contributed by atoms with Crippen molar-refractivity contribution in [2.45, 2.75) is 194 Å². The summed E-state index contributed by atoms with van der Waals surface area (Å²) < 4.78 is 49.4. The van der Waals surface area contributed by atoms with E-state index in [1.807, 2.05) is 71.9 Å². The first-order valence-electron chi connectivity index (χ1n) is 26.3. The molecule has 0 spiro atoms. The van der Waals surface area contributed by atoms with Gasteiger partial charge >= 0.3 is 5.97 Å².